The van der Waals surface area contributed by atoms with E-state index in [4.69, 9.17) is 23.8 Å². The van der Waals surface area contributed by atoms with E-state index in [2.05, 4.69) is 39.8 Å². The molecule has 2 aromatic carbocycles. The summed E-state index contributed by atoms with van der Waals surface area (Å²) in [6.45, 7) is 3.01. The molecule has 1 aliphatic heterocycles. The number of hydrogen-bond donors (Lipinski definition) is 2. The lowest BCUT2D eigenvalue weighted by Gasteiger charge is -2.32. The topological polar surface area (TPSA) is 44.4 Å². The van der Waals surface area contributed by atoms with Gasteiger partial charge >= 0.3 is 0 Å². The van der Waals surface area contributed by atoms with Crippen LogP contribution in [0.2, 0.25) is 5.02 Å². The second-order valence-electron chi connectivity index (χ2n) is 6.47. The van der Waals surface area contributed by atoms with Crippen molar-refractivity contribution in [1.82, 2.24) is 15.5 Å². The van der Waals surface area contributed by atoms with Gasteiger partial charge in [-0.1, -0.05) is 41.9 Å². The van der Waals surface area contributed by atoms with Gasteiger partial charge in [0.25, 0.3) is 5.91 Å². The Kier molecular flexibility index (Phi) is 6.61. The van der Waals surface area contributed by atoms with Crippen LogP contribution in [0.15, 0.2) is 54.6 Å². The van der Waals surface area contributed by atoms with Crippen molar-refractivity contribution >= 4 is 34.8 Å². The SMILES string of the molecule is O=C(NC(=S)NC1CCN(Cc2ccccc2)CC1)c1ccc(Cl)cc1. The fourth-order valence-corrected chi connectivity index (χ4v) is 3.46. The second-order valence-corrected chi connectivity index (χ2v) is 7.32. The Hall–Kier alpha value is -1.95. The van der Waals surface area contributed by atoms with E-state index in [-0.39, 0.29) is 5.91 Å². The standard InChI is InChI=1S/C20H22ClN3OS/c21-17-8-6-16(7-9-17)19(25)23-20(26)22-18-10-12-24(13-11-18)14-15-4-2-1-3-5-15/h1-9,18H,10-14H2,(H2,22,23,25,26). The molecule has 2 N–H and O–H groups in total. The molecule has 1 heterocycles. The van der Waals surface area contributed by atoms with Gasteiger partial charge in [-0.3, -0.25) is 15.0 Å². The van der Waals surface area contributed by atoms with Crippen LogP contribution in [-0.2, 0) is 6.54 Å². The van der Waals surface area contributed by atoms with Gasteiger partial charge in [-0.15, -0.1) is 0 Å². The van der Waals surface area contributed by atoms with Gasteiger partial charge in [0.2, 0.25) is 0 Å². The van der Waals surface area contributed by atoms with Crippen LogP contribution in [0.5, 0.6) is 0 Å². The van der Waals surface area contributed by atoms with Crippen molar-refractivity contribution in [2.75, 3.05) is 13.1 Å². The van der Waals surface area contributed by atoms with E-state index in [0.717, 1.165) is 32.5 Å². The summed E-state index contributed by atoms with van der Waals surface area (Å²) in [5.74, 6) is -0.222. The number of hydrogen-bond acceptors (Lipinski definition) is 3. The maximum Gasteiger partial charge on any atom is 0.257 e. The van der Waals surface area contributed by atoms with Gasteiger partial charge in [0.1, 0.15) is 0 Å². The Labute approximate surface area is 164 Å². The molecule has 0 aromatic heterocycles. The minimum absolute atomic E-state index is 0.222. The molecule has 136 valence electrons. The number of carbonyl (C=O) groups excluding carboxylic acids is 1. The fraction of sp³-hybridized carbons (Fsp3) is 0.300. The van der Waals surface area contributed by atoms with Crippen molar-refractivity contribution < 1.29 is 4.79 Å². The molecule has 0 saturated carbocycles. The van der Waals surface area contributed by atoms with Gasteiger partial charge in [0.15, 0.2) is 5.11 Å². The lowest BCUT2D eigenvalue weighted by Crippen LogP contribution is -2.48. The summed E-state index contributed by atoms with van der Waals surface area (Å²) in [7, 11) is 0. The van der Waals surface area contributed by atoms with Gasteiger partial charge < -0.3 is 5.32 Å². The first-order valence-corrected chi connectivity index (χ1v) is 9.52. The Bertz CT molecular complexity index is 743. The molecule has 26 heavy (non-hydrogen) atoms. The molecule has 0 bridgehead atoms. The zero-order chi connectivity index (χ0) is 18.4. The molecule has 4 nitrogen and oxygen atoms in total. The monoisotopic (exact) mass is 387 g/mol. The Morgan fingerprint density at radius 3 is 2.38 bits per heavy atom. The van der Waals surface area contributed by atoms with Gasteiger partial charge in [-0.25, -0.2) is 0 Å². The predicted octanol–water partition coefficient (Wildman–Crippen LogP) is 3.61. The highest BCUT2D eigenvalue weighted by Crippen LogP contribution is 2.14. The third-order valence-corrected chi connectivity index (χ3v) is 4.98. The summed E-state index contributed by atoms with van der Waals surface area (Å²) in [5, 5.41) is 6.98. The van der Waals surface area contributed by atoms with Crippen molar-refractivity contribution in [3.05, 3.63) is 70.7 Å². The largest absolute Gasteiger partial charge is 0.360 e. The number of nitrogens with one attached hydrogen (secondary N) is 2. The molecule has 0 radical (unpaired) electrons. The van der Waals surface area contributed by atoms with Crippen LogP contribution < -0.4 is 10.6 Å². The summed E-state index contributed by atoms with van der Waals surface area (Å²) < 4.78 is 0. The summed E-state index contributed by atoms with van der Waals surface area (Å²) in [5.41, 5.74) is 1.88. The second kappa shape index (κ2) is 9.12. The summed E-state index contributed by atoms with van der Waals surface area (Å²) in [6, 6.07) is 17.5. The number of rotatable bonds is 4. The Balaban J connectivity index is 1.41. The number of halogens is 1. The van der Waals surface area contributed by atoms with Crippen LogP contribution in [-0.4, -0.2) is 35.1 Å². The third kappa shape index (κ3) is 5.53. The normalized spacial score (nSPS) is 15.4. The molecule has 0 unspecified atom stereocenters. The molecule has 1 fully saturated rings. The molecule has 2 aromatic rings. The van der Waals surface area contributed by atoms with E-state index >= 15 is 0 Å². The highest BCUT2D eigenvalue weighted by atomic mass is 35.5. The van der Waals surface area contributed by atoms with E-state index in [0.29, 0.717) is 21.7 Å². The van der Waals surface area contributed by atoms with E-state index in [1.54, 1.807) is 24.3 Å². The molecule has 1 aliphatic rings. The summed E-state index contributed by atoms with van der Waals surface area (Å²) in [6.07, 6.45) is 2.01. The van der Waals surface area contributed by atoms with Crippen LogP contribution >= 0.6 is 23.8 Å². The molecule has 6 heteroatoms. The maximum absolute atomic E-state index is 12.2. The number of benzene rings is 2. The number of piperidine rings is 1. The third-order valence-electron chi connectivity index (χ3n) is 4.51. The number of nitrogens with zero attached hydrogens (tertiary/aromatic N) is 1. The minimum Gasteiger partial charge on any atom is -0.360 e. The zero-order valence-electron chi connectivity index (χ0n) is 14.5. The van der Waals surface area contributed by atoms with Crippen molar-refractivity contribution in [2.24, 2.45) is 0 Å². The van der Waals surface area contributed by atoms with Crippen LogP contribution in [0.3, 0.4) is 0 Å². The van der Waals surface area contributed by atoms with Gasteiger partial charge in [-0.2, -0.15) is 0 Å². The van der Waals surface area contributed by atoms with Crippen molar-refractivity contribution in [1.29, 1.82) is 0 Å². The van der Waals surface area contributed by atoms with Gasteiger partial charge in [0.05, 0.1) is 0 Å². The minimum atomic E-state index is -0.222. The quantitative estimate of drug-likeness (QED) is 0.786. The van der Waals surface area contributed by atoms with E-state index in [1.165, 1.54) is 5.56 Å². The summed E-state index contributed by atoms with van der Waals surface area (Å²) >= 11 is 11.1. The Morgan fingerprint density at radius 2 is 1.73 bits per heavy atom. The zero-order valence-corrected chi connectivity index (χ0v) is 16.0. The average Bonchev–Trinajstić information content (AvgIpc) is 2.64. The van der Waals surface area contributed by atoms with Crippen LogP contribution in [0.4, 0.5) is 0 Å². The first-order chi connectivity index (χ1) is 12.6. The molecular weight excluding hydrogens is 366 g/mol. The molecule has 0 aliphatic carbocycles. The van der Waals surface area contributed by atoms with E-state index < -0.39 is 0 Å². The van der Waals surface area contributed by atoms with Crippen LogP contribution in [0.25, 0.3) is 0 Å². The van der Waals surface area contributed by atoms with Crippen LogP contribution in [0, 0.1) is 0 Å². The number of carbonyl (C=O) groups is 1. The highest BCUT2D eigenvalue weighted by Gasteiger charge is 2.20. The molecular formula is C20H22ClN3OS. The summed E-state index contributed by atoms with van der Waals surface area (Å²) in [4.78, 5) is 14.6. The van der Waals surface area contributed by atoms with E-state index in [1.807, 2.05) is 6.07 Å². The van der Waals surface area contributed by atoms with Crippen molar-refractivity contribution in [2.45, 2.75) is 25.4 Å². The average molecular weight is 388 g/mol. The van der Waals surface area contributed by atoms with Gasteiger partial charge in [0, 0.05) is 36.3 Å². The smallest absolute Gasteiger partial charge is 0.257 e. The number of amides is 1. The van der Waals surface area contributed by atoms with Gasteiger partial charge in [-0.05, 0) is 54.9 Å². The predicted molar refractivity (Wildman–Crippen MR) is 109 cm³/mol. The van der Waals surface area contributed by atoms with E-state index in [9.17, 15) is 4.79 Å². The highest BCUT2D eigenvalue weighted by molar-refractivity contribution is 7.80. The van der Waals surface area contributed by atoms with Crippen molar-refractivity contribution in [3.8, 4) is 0 Å². The molecule has 1 saturated heterocycles. The number of thiocarbonyl (C=S) groups is 1. The number of likely N-dealkylation sites (tertiary alicyclic amines) is 1. The molecule has 3 rings (SSSR count). The van der Waals surface area contributed by atoms with Crippen LogP contribution in [0.1, 0.15) is 28.8 Å². The first kappa shape index (κ1) is 18.8. The maximum atomic E-state index is 12.2. The van der Waals surface area contributed by atoms with Crippen molar-refractivity contribution in [3.63, 3.8) is 0 Å². The first-order valence-electron chi connectivity index (χ1n) is 8.74. The molecule has 0 spiro atoms. The molecule has 1 amide bonds. The molecule has 0 atom stereocenters. The lowest BCUT2D eigenvalue weighted by atomic mass is 10.0. The fourth-order valence-electron chi connectivity index (χ4n) is 3.08. The Morgan fingerprint density at radius 1 is 1.08 bits per heavy atom. The lowest BCUT2D eigenvalue weighted by molar-refractivity contribution is 0.0976.